The number of carbonyl (C=O) groups excluding carboxylic acids is 1. The highest BCUT2D eigenvalue weighted by Crippen LogP contribution is 2.21. The number of piperidine rings is 1. The molecular formula is C13H18F3N3O2. The van der Waals surface area contributed by atoms with E-state index in [2.05, 4.69) is 9.84 Å². The lowest BCUT2D eigenvalue weighted by atomic mass is 10.1. The average molecular weight is 305 g/mol. The molecule has 0 aliphatic carbocycles. The van der Waals surface area contributed by atoms with Gasteiger partial charge in [-0.25, -0.2) is 0 Å². The summed E-state index contributed by atoms with van der Waals surface area (Å²) in [5.74, 6) is -0.172. The van der Waals surface area contributed by atoms with E-state index >= 15 is 0 Å². The van der Waals surface area contributed by atoms with Crippen molar-refractivity contribution in [2.24, 2.45) is 0 Å². The van der Waals surface area contributed by atoms with Crippen molar-refractivity contribution in [1.29, 1.82) is 0 Å². The van der Waals surface area contributed by atoms with Crippen LogP contribution in [0.1, 0.15) is 25.3 Å². The Morgan fingerprint density at radius 3 is 2.90 bits per heavy atom. The molecule has 1 aliphatic heterocycles. The molecule has 1 fully saturated rings. The van der Waals surface area contributed by atoms with Crippen LogP contribution in [0.4, 0.5) is 13.2 Å². The maximum Gasteiger partial charge on any atom is 0.411 e. The maximum atomic E-state index is 12.0. The highest BCUT2D eigenvalue weighted by atomic mass is 19.4. The molecular weight excluding hydrogens is 287 g/mol. The van der Waals surface area contributed by atoms with Crippen molar-refractivity contribution >= 4 is 5.91 Å². The van der Waals surface area contributed by atoms with Crippen LogP contribution in [0.2, 0.25) is 0 Å². The first-order chi connectivity index (χ1) is 9.96. The summed E-state index contributed by atoms with van der Waals surface area (Å²) in [4.78, 5) is 13.6. The fraction of sp³-hybridized carbons (Fsp3) is 0.692. The minimum atomic E-state index is -4.35. The first-order valence-electron chi connectivity index (χ1n) is 6.87. The van der Waals surface area contributed by atoms with Crippen LogP contribution in [-0.4, -0.2) is 53.1 Å². The third kappa shape index (κ3) is 5.04. The van der Waals surface area contributed by atoms with Crippen molar-refractivity contribution in [2.45, 2.75) is 31.5 Å². The predicted octanol–water partition coefficient (Wildman–Crippen LogP) is 2.02. The number of amides is 1. The zero-order chi connectivity index (χ0) is 15.3. The van der Waals surface area contributed by atoms with E-state index in [1.54, 1.807) is 11.1 Å². The number of ether oxygens (including phenoxy) is 1. The lowest BCUT2D eigenvalue weighted by Crippen LogP contribution is -2.41. The van der Waals surface area contributed by atoms with Gasteiger partial charge in [-0.2, -0.15) is 18.3 Å². The van der Waals surface area contributed by atoms with Gasteiger partial charge in [-0.3, -0.25) is 9.48 Å². The molecule has 1 aromatic heterocycles. The molecule has 0 N–H and O–H groups in total. The summed E-state index contributed by atoms with van der Waals surface area (Å²) in [5.41, 5.74) is 0. The van der Waals surface area contributed by atoms with Crippen LogP contribution in [0.15, 0.2) is 18.5 Å². The van der Waals surface area contributed by atoms with Gasteiger partial charge in [0.25, 0.3) is 0 Å². The average Bonchev–Trinajstić information content (AvgIpc) is 2.96. The van der Waals surface area contributed by atoms with Crippen molar-refractivity contribution in [3.63, 3.8) is 0 Å². The number of carbonyl (C=O) groups is 1. The van der Waals surface area contributed by atoms with Crippen molar-refractivity contribution in [3.8, 4) is 0 Å². The van der Waals surface area contributed by atoms with Gasteiger partial charge in [0.1, 0.15) is 6.61 Å². The number of likely N-dealkylation sites (tertiary alicyclic amines) is 1. The second kappa shape index (κ2) is 6.93. The number of hydrogen-bond donors (Lipinski definition) is 0. The molecule has 118 valence electrons. The number of halogens is 3. The largest absolute Gasteiger partial charge is 0.411 e. The molecule has 0 bridgehead atoms. The van der Waals surface area contributed by atoms with E-state index in [1.807, 2.05) is 16.9 Å². The minimum absolute atomic E-state index is 0.0259. The molecule has 21 heavy (non-hydrogen) atoms. The normalized spacial score (nSPS) is 19.8. The molecule has 1 atom stereocenters. The molecule has 1 aromatic rings. The van der Waals surface area contributed by atoms with E-state index in [-0.39, 0.29) is 25.0 Å². The van der Waals surface area contributed by atoms with Crippen molar-refractivity contribution in [1.82, 2.24) is 14.7 Å². The number of hydrogen-bond acceptors (Lipinski definition) is 3. The monoisotopic (exact) mass is 305 g/mol. The van der Waals surface area contributed by atoms with Gasteiger partial charge in [0.15, 0.2) is 0 Å². The Balaban J connectivity index is 1.74. The number of rotatable bonds is 5. The summed E-state index contributed by atoms with van der Waals surface area (Å²) in [7, 11) is 0. The lowest BCUT2D eigenvalue weighted by molar-refractivity contribution is -0.175. The molecule has 1 amide bonds. The summed E-state index contributed by atoms with van der Waals surface area (Å²) in [6, 6.07) is 1.96. The summed E-state index contributed by atoms with van der Waals surface area (Å²) >= 11 is 0. The fourth-order valence-corrected chi connectivity index (χ4v) is 2.40. The van der Waals surface area contributed by atoms with Crippen LogP contribution in [0.3, 0.4) is 0 Å². The Morgan fingerprint density at radius 2 is 2.24 bits per heavy atom. The molecule has 5 nitrogen and oxygen atoms in total. The highest BCUT2D eigenvalue weighted by Gasteiger charge is 2.28. The highest BCUT2D eigenvalue weighted by molar-refractivity contribution is 5.76. The van der Waals surface area contributed by atoms with Crippen LogP contribution in [0.25, 0.3) is 0 Å². The van der Waals surface area contributed by atoms with Crippen molar-refractivity contribution in [2.75, 3.05) is 26.3 Å². The topological polar surface area (TPSA) is 47.4 Å². The summed E-state index contributed by atoms with van der Waals surface area (Å²) in [6.45, 7) is -0.340. The standard InChI is InChI=1S/C13H18F3N3O2/c14-13(15,16)10-21-8-4-12(20)18-6-1-3-11(9-18)19-7-2-5-17-19/h2,5,7,11H,1,3-4,6,8-10H2/t11-/m1/s1. The number of aromatic nitrogens is 2. The van der Waals surface area contributed by atoms with E-state index in [0.717, 1.165) is 12.8 Å². The molecule has 0 aromatic carbocycles. The molecule has 1 aliphatic rings. The van der Waals surface area contributed by atoms with E-state index in [4.69, 9.17) is 0 Å². The Labute approximate surface area is 120 Å². The zero-order valence-electron chi connectivity index (χ0n) is 11.6. The fourth-order valence-electron chi connectivity index (χ4n) is 2.40. The third-order valence-electron chi connectivity index (χ3n) is 3.37. The van der Waals surface area contributed by atoms with Crippen LogP contribution in [0, 0.1) is 0 Å². The molecule has 2 heterocycles. The van der Waals surface area contributed by atoms with Gasteiger partial charge in [0.2, 0.25) is 5.91 Å². The van der Waals surface area contributed by atoms with Gasteiger partial charge < -0.3 is 9.64 Å². The van der Waals surface area contributed by atoms with E-state index in [0.29, 0.717) is 13.1 Å². The van der Waals surface area contributed by atoms with Crippen LogP contribution in [-0.2, 0) is 9.53 Å². The van der Waals surface area contributed by atoms with Crippen molar-refractivity contribution in [3.05, 3.63) is 18.5 Å². The van der Waals surface area contributed by atoms with Crippen LogP contribution < -0.4 is 0 Å². The third-order valence-corrected chi connectivity index (χ3v) is 3.37. The number of alkyl halides is 3. The van der Waals surface area contributed by atoms with Gasteiger partial charge in [-0.15, -0.1) is 0 Å². The molecule has 0 radical (unpaired) electrons. The van der Waals surface area contributed by atoms with E-state index in [9.17, 15) is 18.0 Å². The summed E-state index contributed by atoms with van der Waals surface area (Å²) in [5, 5.41) is 4.17. The quantitative estimate of drug-likeness (QED) is 0.782. The van der Waals surface area contributed by atoms with Gasteiger partial charge >= 0.3 is 6.18 Å². The minimum Gasteiger partial charge on any atom is -0.372 e. The van der Waals surface area contributed by atoms with Gasteiger partial charge in [0.05, 0.1) is 19.1 Å². The summed E-state index contributed by atoms with van der Waals surface area (Å²) < 4.78 is 42.0. The van der Waals surface area contributed by atoms with Gasteiger partial charge in [0, 0.05) is 25.5 Å². The van der Waals surface area contributed by atoms with Crippen LogP contribution >= 0.6 is 0 Å². The Kier molecular flexibility index (Phi) is 5.22. The second-order valence-electron chi connectivity index (χ2n) is 5.04. The Bertz CT molecular complexity index is 448. The Morgan fingerprint density at radius 1 is 1.43 bits per heavy atom. The maximum absolute atomic E-state index is 12.0. The molecule has 0 spiro atoms. The SMILES string of the molecule is O=C(CCOCC(F)(F)F)N1CCC[C@@H](n2cccn2)C1. The first kappa shape index (κ1) is 15.8. The van der Waals surface area contributed by atoms with E-state index in [1.165, 1.54) is 0 Å². The zero-order valence-corrected chi connectivity index (χ0v) is 11.6. The summed E-state index contributed by atoms with van der Waals surface area (Å²) in [6.07, 6.45) is 0.966. The smallest absolute Gasteiger partial charge is 0.372 e. The molecule has 2 rings (SSSR count). The van der Waals surface area contributed by atoms with E-state index < -0.39 is 12.8 Å². The molecule has 0 saturated carbocycles. The Hall–Kier alpha value is -1.57. The predicted molar refractivity (Wildman–Crippen MR) is 68.6 cm³/mol. The van der Waals surface area contributed by atoms with Gasteiger partial charge in [-0.05, 0) is 18.9 Å². The molecule has 1 saturated heterocycles. The van der Waals surface area contributed by atoms with Crippen LogP contribution in [0.5, 0.6) is 0 Å². The van der Waals surface area contributed by atoms with Crippen molar-refractivity contribution < 1.29 is 22.7 Å². The number of nitrogens with zero attached hydrogens (tertiary/aromatic N) is 3. The second-order valence-corrected chi connectivity index (χ2v) is 5.04. The lowest BCUT2D eigenvalue weighted by Gasteiger charge is -2.33. The molecule has 0 unspecified atom stereocenters. The molecule has 8 heteroatoms. The van der Waals surface area contributed by atoms with Gasteiger partial charge in [-0.1, -0.05) is 0 Å². The first-order valence-corrected chi connectivity index (χ1v) is 6.87.